The largest absolute Gasteiger partial charge is 0.317 e. The van der Waals surface area contributed by atoms with Crippen molar-refractivity contribution in [3.8, 4) is 28.3 Å². The first kappa shape index (κ1) is 25.9. The number of nitrogens with zero attached hydrogens (tertiary/aromatic N) is 4. The predicted molar refractivity (Wildman–Crippen MR) is 195 cm³/mol. The number of hydrogen-bond acceptors (Lipinski definition) is 1. The van der Waals surface area contributed by atoms with Crippen molar-refractivity contribution in [1.29, 1.82) is 0 Å². The zero-order chi connectivity index (χ0) is 30.9. The minimum Gasteiger partial charge on any atom is -0.317 e. The molecule has 10 aromatic rings. The number of hydrogen-bond donors (Lipinski definition) is 0. The van der Waals surface area contributed by atoms with Gasteiger partial charge in [-0.1, -0.05) is 78.9 Å². The van der Waals surface area contributed by atoms with Gasteiger partial charge in [-0.3, -0.25) is 4.57 Å². The fourth-order valence-electron chi connectivity index (χ4n) is 7.41. The van der Waals surface area contributed by atoms with Crippen LogP contribution in [-0.4, -0.2) is 18.7 Å². The molecule has 0 N–H and O–H groups in total. The van der Waals surface area contributed by atoms with Crippen molar-refractivity contribution in [3.05, 3.63) is 170 Å². The van der Waals surface area contributed by atoms with Crippen molar-refractivity contribution in [2.75, 3.05) is 0 Å². The lowest BCUT2D eigenvalue weighted by Gasteiger charge is -2.11. The van der Waals surface area contributed by atoms with E-state index in [1.165, 1.54) is 54.6 Å². The van der Waals surface area contributed by atoms with Gasteiger partial charge in [0.05, 0.1) is 27.6 Å². The van der Waals surface area contributed by atoms with Crippen molar-refractivity contribution in [3.63, 3.8) is 0 Å². The minimum atomic E-state index is 0.910. The normalized spacial score (nSPS) is 11.8. The van der Waals surface area contributed by atoms with E-state index >= 15 is 0 Å². The summed E-state index contributed by atoms with van der Waals surface area (Å²) >= 11 is 0. The average Bonchev–Trinajstić information content (AvgIpc) is 3.82. The van der Waals surface area contributed by atoms with Crippen LogP contribution in [0, 0.1) is 0 Å². The van der Waals surface area contributed by atoms with Crippen molar-refractivity contribution >= 4 is 54.5 Å². The molecule has 6 aromatic carbocycles. The van der Waals surface area contributed by atoms with Gasteiger partial charge in [0, 0.05) is 45.3 Å². The lowest BCUT2D eigenvalue weighted by Crippen LogP contribution is -1.97. The van der Waals surface area contributed by atoms with Gasteiger partial charge in [-0.15, -0.1) is 0 Å². The van der Waals surface area contributed by atoms with Gasteiger partial charge in [-0.05, 0) is 95.4 Å². The van der Waals surface area contributed by atoms with Crippen LogP contribution in [0.2, 0.25) is 0 Å². The SMILES string of the molecule is c1ccc(-n2c3ccc(-c4cccc(-n5c6ccccc6c6ccccc65)c4)cc3c3cc(-n4ccc5ccccc54)ccc32)nc1. The highest BCUT2D eigenvalue weighted by atomic mass is 15.1. The molecule has 0 unspecified atom stereocenters. The highest BCUT2D eigenvalue weighted by Gasteiger charge is 2.17. The lowest BCUT2D eigenvalue weighted by molar-refractivity contribution is 1.08. The van der Waals surface area contributed by atoms with E-state index in [0.717, 1.165) is 28.2 Å². The monoisotopic (exact) mass is 600 g/mol. The second kappa shape index (κ2) is 10.1. The first-order valence-electron chi connectivity index (χ1n) is 16.0. The fraction of sp³-hybridized carbons (Fsp3) is 0. The molecule has 0 spiro atoms. The molecule has 4 aromatic heterocycles. The predicted octanol–water partition coefficient (Wildman–Crippen LogP) is 10.9. The summed E-state index contributed by atoms with van der Waals surface area (Å²) in [4.78, 5) is 4.76. The Morgan fingerprint density at radius 2 is 1.04 bits per heavy atom. The van der Waals surface area contributed by atoms with Gasteiger partial charge < -0.3 is 9.13 Å². The summed E-state index contributed by atoms with van der Waals surface area (Å²) in [6.07, 6.45) is 4.02. The Morgan fingerprint density at radius 1 is 0.383 bits per heavy atom. The summed E-state index contributed by atoms with van der Waals surface area (Å²) in [6, 6.07) is 56.7. The maximum absolute atomic E-state index is 4.76. The number of aromatic nitrogens is 4. The number of rotatable bonds is 4. The molecular formula is C43H28N4. The summed E-state index contributed by atoms with van der Waals surface area (Å²) in [5.41, 5.74) is 10.5. The second-order valence-corrected chi connectivity index (χ2v) is 12.1. The van der Waals surface area contributed by atoms with Crippen LogP contribution in [0.4, 0.5) is 0 Å². The van der Waals surface area contributed by atoms with Crippen molar-refractivity contribution in [2.45, 2.75) is 0 Å². The summed E-state index contributed by atoms with van der Waals surface area (Å²) in [5, 5.41) is 6.16. The third-order valence-electron chi connectivity index (χ3n) is 9.52. The van der Waals surface area contributed by atoms with Crippen molar-refractivity contribution < 1.29 is 0 Å². The van der Waals surface area contributed by atoms with Gasteiger partial charge in [0.1, 0.15) is 5.82 Å². The van der Waals surface area contributed by atoms with E-state index in [1.807, 2.05) is 12.3 Å². The molecule has 0 aliphatic heterocycles. The molecule has 0 aliphatic rings. The van der Waals surface area contributed by atoms with Crippen LogP contribution in [0.15, 0.2) is 170 Å². The van der Waals surface area contributed by atoms with Gasteiger partial charge in [0.15, 0.2) is 0 Å². The summed E-state index contributed by atoms with van der Waals surface area (Å²) in [5.74, 6) is 0.910. The van der Waals surface area contributed by atoms with E-state index in [1.54, 1.807) is 0 Å². The quantitative estimate of drug-likeness (QED) is 0.197. The molecule has 4 nitrogen and oxygen atoms in total. The van der Waals surface area contributed by atoms with Gasteiger partial charge >= 0.3 is 0 Å². The number of pyridine rings is 1. The fourth-order valence-corrected chi connectivity index (χ4v) is 7.41. The maximum Gasteiger partial charge on any atom is 0.137 e. The minimum absolute atomic E-state index is 0.910. The summed E-state index contributed by atoms with van der Waals surface area (Å²) < 4.78 is 6.94. The van der Waals surface area contributed by atoms with Crippen LogP contribution < -0.4 is 0 Å². The Labute approximate surface area is 271 Å². The Kier molecular flexibility index (Phi) is 5.54. The average molecular weight is 601 g/mol. The van der Waals surface area contributed by atoms with Crippen molar-refractivity contribution in [2.24, 2.45) is 0 Å². The highest BCUT2D eigenvalue weighted by Crippen LogP contribution is 2.38. The van der Waals surface area contributed by atoms with Gasteiger partial charge in [0.25, 0.3) is 0 Å². The first-order valence-corrected chi connectivity index (χ1v) is 16.0. The standard InChI is InChI=1S/C43H28N4/c1-4-15-38-29(10-1)23-25-45(38)32-20-22-42-37(28-32)36-27-31(19-21-41(36)47(42)43-18-7-8-24-44-43)30-11-9-12-33(26-30)46-39-16-5-2-13-34(39)35-14-3-6-17-40(35)46/h1-28H. The van der Waals surface area contributed by atoms with E-state index in [4.69, 9.17) is 4.98 Å². The topological polar surface area (TPSA) is 27.7 Å². The van der Waals surface area contributed by atoms with Crippen molar-refractivity contribution in [1.82, 2.24) is 18.7 Å². The molecule has 0 bridgehead atoms. The third-order valence-corrected chi connectivity index (χ3v) is 9.52. The van der Waals surface area contributed by atoms with E-state index < -0.39 is 0 Å². The van der Waals surface area contributed by atoms with Crippen LogP contribution in [0.3, 0.4) is 0 Å². The van der Waals surface area contributed by atoms with Crippen LogP contribution in [-0.2, 0) is 0 Å². The number of para-hydroxylation sites is 3. The van der Waals surface area contributed by atoms with Crippen LogP contribution in [0.5, 0.6) is 0 Å². The Bertz CT molecular complexity index is 2740. The van der Waals surface area contributed by atoms with E-state index in [0.29, 0.717) is 0 Å². The Morgan fingerprint density at radius 3 is 1.83 bits per heavy atom. The van der Waals surface area contributed by atoms with E-state index in [2.05, 4.69) is 172 Å². The molecule has 4 heterocycles. The number of fused-ring (bicyclic) bond motifs is 7. The highest BCUT2D eigenvalue weighted by molar-refractivity contribution is 6.11. The third kappa shape index (κ3) is 3.92. The molecule has 0 radical (unpaired) electrons. The molecule has 220 valence electrons. The molecule has 0 atom stereocenters. The first-order chi connectivity index (χ1) is 23.3. The molecule has 0 amide bonds. The molecule has 47 heavy (non-hydrogen) atoms. The lowest BCUT2D eigenvalue weighted by atomic mass is 10.0. The number of benzene rings is 6. The van der Waals surface area contributed by atoms with Crippen LogP contribution in [0.25, 0.3) is 82.8 Å². The molecule has 4 heteroatoms. The van der Waals surface area contributed by atoms with E-state index in [9.17, 15) is 0 Å². The Balaban J connectivity index is 1.19. The van der Waals surface area contributed by atoms with Gasteiger partial charge in [0.2, 0.25) is 0 Å². The molecule has 0 saturated heterocycles. The van der Waals surface area contributed by atoms with Crippen LogP contribution in [0.1, 0.15) is 0 Å². The molecule has 10 rings (SSSR count). The van der Waals surface area contributed by atoms with Gasteiger partial charge in [-0.2, -0.15) is 0 Å². The zero-order valence-corrected chi connectivity index (χ0v) is 25.5. The molecule has 0 aliphatic carbocycles. The van der Waals surface area contributed by atoms with Crippen LogP contribution >= 0.6 is 0 Å². The Hall–Kier alpha value is -6.39. The summed E-state index contributed by atoms with van der Waals surface area (Å²) in [6.45, 7) is 0. The second-order valence-electron chi connectivity index (χ2n) is 12.1. The molecular weight excluding hydrogens is 573 g/mol. The van der Waals surface area contributed by atoms with E-state index in [-0.39, 0.29) is 0 Å². The smallest absolute Gasteiger partial charge is 0.137 e. The van der Waals surface area contributed by atoms with Gasteiger partial charge in [-0.25, -0.2) is 4.98 Å². The summed E-state index contributed by atoms with van der Waals surface area (Å²) in [7, 11) is 0. The molecule has 0 fully saturated rings. The molecule has 0 saturated carbocycles. The maximum atomic E-state index is 4.76. The zero-order valence-electron chi connectivity index (χ0n) is 25.5.